The first kappa shape index (κ1) is 17.3. The van der Waals surface area contributed by atoms with Crippen LogP contribution in [-0.4, -0.2) is 22.0 Å². The zero-order chi connectivity index (χ0) is 17.8. The van der Waals surface area contributed by atoms with Gasteiger partial charge in [0.15, 0.2) is 0 Å². The molecule has 6 nitrogen and oxygen atoms in total. The number of carbonyl (C=O) groups excluding carboxylic acids is 2. The number of aromatic nitrogens is 1. The monoisotopic (exact) mass is 373 g/mol. The molecule has 8 heteroatoms. The van der Waals surface area contributed by atoms with E-state index in [9.17, 15) is 9.59 Å². The highest BCUT2D eigenvalue weighted by atomic mass is 32.1. The summed E-state index contributed by atoms with van der Waals surface area (Å²) in [6, 6.07) is 10.8. The average molecular weight is 373 g/mol. The molecular weight excluding hydrogens is 358 g/mol. The Labute approximate surface area is 152 Å². The standard InChI is InChI=1S/C17H15N3O3S2/c1-10(12-4-5-13(24-12)11-3-2-8-18-9-11)19-16(21)14-6-7-15(25-14)17(22)20-23/h2-10,23H,1H3,(H,19,21)(H,20,22). The Kier molecular flexibility index (Phi) is 5.22. The fourth-order valence-electron chi connectivity index (χ4n) is 2.23. The molecule has 0 aliphatic carbocycles. The highest BCUT2D eigenvalue weighted by Gasteiger charge is 2.17. The Morgan fingerprint density at radius 3 is 2.52 bits per heavy atom. The van der Waals surface area contributed by atoms with Gasteiger partial charge in [-0.05, 0) is 37.3 Å². The first-order valence-corrected chi connectivity index (χ1v) is 9.07. The summed E-state index contributed by atoms with van der Waals surface area (Å²) >= 11 is 2.62. The molecule has 0 aliphatic heterocycles. The fourth-order valence-corrected chi connectivity index (χ4v) is 4.02. The highest BCUT2D eigenvalue weighted by Crippen LogP contribution is 2.31. The number of hydrogen-bond donors (Lipinski definition) is 3. The normalized spacial score (nSPS) is 11.8. The van der Waals surface area contributed by atoms with E-state index in [1.807, 2.05) is 31.2 Å². The molecule has 0 aliphatic rings. The van der Waals surface area contributed by atoms with Crippen LogP contribution in [0.5, 0.6) is 0 Å². The van der Waals surface area contributed by atoms with Crippen molar-refractivity contribution in [2.45, 2.75) is 13.0 Å². The molecule has 3 rings (SSSR count). The summed E-state index contributed by atoms with van der Waals surface area (Å²) in [6.45, 7) is 1.91. The van der Waals surface area contributed by atoms with Gasteiger partial charge < -0.3 is 5.32 Å². The Morgan fingerprint density at radius 2 is 1.84 bits per heavy atom. The van der Waals surface area contributed by atoms with Gasteiger partial charge in [-0.1, -0.05) is 6.07 Å². The van der Waals surface area contributed by atoms with Crippen LogP contribution in [0.25, 0.3) is 10.4 Å². The minimum atomic E-state index is -0.628. The van der Waals surface area contributed by atoms with Crippen molar-refractivity contribution in [2.24, 2.45) is 0 Å². The summed E-state index contributed by atoms with van der Waals surface area (Å²) < 4.78 is 0. The van der Waals surface area contributed by atoms with Crippen molar-refractivity contribution in [3.63, 3.8) is 0 Å². The third-order valence-corrected chi connectivity index (χ3v) is 5.90. The average Bonchev–Trinajstić information content (AvgIpc) is 3.31. The number of nitrogens with one attached hydrogen (secondary N) is 2. The Balaban J connectivity index is 1.69. The van der Waals surface area contributed by atoms with Gasteiger partial charge in [-0.3, -0.25) is 19.8 Å². The van der Waals surface area contributed by atoms with E-state index in [0.29, 0.717) is 4.88 Å². The van der Waals surface area contributed by atoms with Crippen LogP contribution in [0.2, 0.25) is 0 Å². The number of hydrogen-bond acceptors (Lipinski definition) is 6. The van der Waals surface area contributed by atoms with Crippen molar-refractivity contribution in [2.75, 3.05) is 0 Å². The van der Waals surface area contributed by atoms with Crippen LogP contribution in [0.1, 0.15) is 37.2 Å². The van der Waals surface area contributed by atoms with E-state index >= 15 is 0 Å². The van der Waals surface area contributed by atoms with Crippen molar-refractivity contribution < 1.29 is 14.8 Å². The second-order valence-corrected chi connectivity index (χ2v) is 7.44. The van der Waals surface area contributed by atoms with E-state index in [2.05, 4.69) is 10.3 Å². The van der Waals surface area contributed by atoms with Crippen molar-refractivity contribution in [3.8, 4) is 10.4 Å². The van der Waals surface area contributed by atoms with Gasteiger partial charge in [-0.25, -0.2) is 5.48 Å². The van der Waals surface area contributed by atoms with E-state index in [-0.39, 0.29) is 16.8 Å². The predicted molar refractivity (Wildman–Crippen MR) is 97.0 cm³/mol. The van der Waals surface area contributed by atoms with E-state index in [4.69, 9.17) is 5.21 Å². The molecule has 0 aromatic carbocycles. The largest absolute Gasteiger partial charge is 0.344 e. The van der Waals surface area contributed by atoms with Gasteiger partial charge in [0.05, 0.1) is 15.8 Å². The van der Waals surface area contributed by atoms with Gasteiger partial charge in [-0.2, -0.15) is 0 Å². The molecule has 2 amide bonds. The van der Waals surface area contributed by atoms with Crippen LogP contribution in [0.15, 0.2) is 48.8 Å². The molecule has 3 N–H and O–H groups in total. The Hall–Kier alpha value is -2.55. The second-order valence-electron chi connectivity index (χ2n) is 5.24. The fraction of sp³-hybridized carbons (Fsp3) is 0.118. The lowest BCUT2D eigenvalue weighted by Crippen LogP contribution is -2.25. The van der Waals surface area contributed by atoms with Gasteiger partial charge in [-0.15, -0.1) is 22.7 Å². The van der Waals surface area contributed by atoms with Crippen LogP contribution >= 0.6 is 22.7 Å². The molecule has 3 aromatic rings. The first-order chi connectivity index (χ1) is 12.1. The minimum Gasteiger partial charge on any atom is -0.344 e. The molecular formula is C17H15N3O3S2. The van der Waals surface area contributed by atoms with Crippen molar-refractivity contribution in [3.05, 3.63) is 63.4 Å². The zero-order valence-corrected chi connectivity index (χ0v) is 14.9. The smallest absolute Gasteiger partial charge is 0.284 e. The quantitative estimate of drug-likeness (QED) is 0.472. The number of rotatable bonds is 5. The molecule has 0 fully saturated rings. The van der Waals surface area contributed by atoms with Crippen LogP contribution in [0, 0.1) is 0 Å². The van der Waals surface area contributed by atoms with Crippen LogP contribution in [0.4, 0.5) is 0 Å². The van der Waals surface area contributed by atoms with Gasteiger partial charge in [0, 0.05) is 27.7 Å². The number of amides is 2. The lowest BCUT2D eigenvalue weighted by Gasteiger charge is -2.11. The van der Waals surface area contributed by atoms with Gasteiger partial charge in [0.1, 0.15) is 0 Å². The van der Waals surface area contributed by atoms with E-state index in [1.165, 1.54) is 6.07 Å². The maximum Gasteiger partial charge on any atom is 0.284 e. The third kappa shape index (κ3) is 3.93. The summed E-state index contributed by atoms with van der Waals surface area (Å²) in [7, 11) is 0. The van der Waals surface area contributed by atoms with Crippen molar-refractivity contribution in [1.29, 1.82) is 0 Å². The molecule has 1 unspecified atom stereocenters. The number of hydroxylamine groups is 1. The van der Waals surface area contributed by atoms with Crippen LogP contribution < -0.4 is 10.8 Å². The Bertz CT molecular complexity index is 889. The van der Waals surface area contributed by atoms with Gasteiger partial charge in [0.2, 0.25) is 0 Å². The Morgan fingerprint density at radius 1 is 1.08 bits per heavy atom. The van der Waals surface area contributed by atoms with Gasteiger partial charge >= 0.3 is 0 Å². The van der Waals surface area contributed by atoms with Crippen molar-refractivity contribution >= 4 is 34.5 Å². The molecule has 128 valence electrons. The molecule has 3 heterocycles. The summed E-state index contributed by atoms with van der Waals surface area (Å²) in [5, 5.41) is 11.5. The minimum absolute atomic E-state index is 0.167. The molecule has 0 radical (unpaired) electrons. The molecule has 3 aromatic heterocycles. The molecule has 0 saturated heterocycles. The summed E-state index contributed by atoms with van der Waals surface area (Å²) in [6.07, 6.45) is 3.53. The van der Waals surface area contributed by atoms with Gasteiger partial charge in [0.25, 0.3) is 11.8 Å². The lowest BCUT2D eigenvalue weighted by atomic mass is 10.2. The molecule has 0 bridgehead atoms. The van der Waals surface area contributed by atoms with Crippen molar-refractivity contribution in [1.82, 2.24) is 15.8 Å². The number of nitrogens with zero attached hydrogens (tertiary/aromatic N) is 1. The summed E-state index contributed by atoms with van der Waals surface area (Å²) in [5.41, 5.74) is 2.59. The molecule has 1 atom stereocenters. The van der Waals surface area contributed by atoms with Crippen LogP contribution in [-0.2, 0) is 0 Å². The summed E-state index contributed by atoms with van der Waals surface area (Å²) in [5.74, 6) is -0.887. The SMILES string of the molecule is CC(NC(=O)c1ccc(C(=O)NO)s1)c1ccc(-c2cccnc2)s1. The first-order valence-electron chi connectivity index (χ1n) is 7.43. The van der Waals surface area contributed by atoms with E-state index in [0.717, 1.165) is 26.7 Å². The third-order valence-electron chi connectivity index (χ3n) is 3.50. The zero-order valence-electron chi connectivity index (χ0n) is 13.2. The number of thiophene rings is 2. The highest BCUT2D eigenvalue weighted by molar-refractivity contribution is 7.16. The van der Waals surface area contributed by atoms with E-state index < -0.39 is 5.91 Å². The predicted octanol–water partition coefficient (Wildman–Crippen LogP) is 3.48. The molecule has 25 heavy (non-hydrogen) atoms. The maximum atomic E-state index is 12.3. The molecule has 0 saturated carbocycles. The van der Waals surface area contributed by atoms with E-state index in [1.54, 1.807) is 35.3 Å². The topological polar surface area (TPSA) is 91.3 Å². The number of pyridine rings is 1. The molecule has 0 spiro atoms. The maximum absolute atomic E-state index is 12.3. The lowest BCUT2D eigenvalue weighted by molar-refractivity contribution is 0.0711. The van der Waals surface area contributed by atoms with Crippen LogP contribution in [0.3, 0.4) is 0 Å². The second kappa shape index (κ2) is 7.56. The number of carbonyl (C=O) groups is 2. The summed E-state index contributed by atoms with van der Waals surface area (Å²) in [4.78, 5) is 30.6.